The highest BCUT2D eigenvalue weighted by Crippen LogP contribution is 2.20. The lowest BCUT2D eigenvalue weighted by atomic mass is 10.2. The molecule has 0 spiro atoms. The number of hydrogen-bond donors (Lipinski definition) is 2. The third-order valence-corrected chi connectivity index (χ3v) is 6.96. The number of rotatable bonds is 9. The van der Waals surface area contributed by atoms with Crippen molar-refractivity contribution in [1.82, 2.24) is 9.62 Å². The SMILES string of the molecule is COc1ccc(N2CCN(CCNS(=O)(=O)c3ccc(NC(=O)C(C)C)cc3)CC2)cc1. The van der Waals surface area contributed by atoms with Gasteiger partial charge in [0.1, 0.15) is 5.75 Å². The molecule has 0 aliphatic carbocycles. The number of sulfonamides is 1. The van der Waals surface area contributed by atoms with Gasteiger partial charge in [-0.25, -0.2) is 13.1 Å². The highest BCUT2D eigenvalue weighted by Gasteiger charge is 2.19. The highest BCUT2D eigenvalue weighted by molar-refractivity contribution is 7.89. The Kier molecular flexibility index (Phi) is 8.11. The smallest absolute Gasteiger partial charge is 0.240 e. The van der Waals surface area contributed by atoms with Crippen LogP contribution >= 0.6 is 0 Å². The van der Waals surface area contributed by atoms with Crippen molar-refractivity contribution in [3.8, 4) is 5.75 Å². The standard InChI is InChI=1S/C23H32N4O4S/c1-18(2)23(28)25-19-4-10-22(11-5-19)32(29,30)24-12-13-26-14-16-27(17-15-26)20-6-8-21(31-3)9-7-20/h4-11,18,24H,12-17H2,1-3H3,(H,25,28). The number of ether oxygens (including phenoxy) is 1. The number of benzene rings is 2. The first-order valence-electron chi connectivity index (χ1n) is 10.8. The zero-order valence-corrected chi connectivity index (χ0v) is 19.7. The third-order valence-electron chi connectivity index (χ3n) is 5.49. The van der Waals surface area contributed by atoms with Gasteiger partial charge in [-0.2, -0.15) is 0 Å². The van der Waals surface area contributed by atoms with Gasteiger partial charge in [-0.15, -0.1) is 0 Å². The first-order valence-corrected chi connectivity index (χ1v) is 12.3. The second-order valence-electron chi connectivity index (χ2n) is 8.09. The van der Waals surface area contributed by atoms with Crippen molar-refractivity contribution in [2.75, 3.05) is 56.6 Å². The minimum absolute atomic E-state index is 0.106. The zero-order valence-electron chi connectivity index (χ0n) is 18.9. The average molecular weight is 461 g/mol. The zero-order chi connectivity index (χ0) is 23.1. The first-order chi connectivity index (χ1) is 15.3. The number of nitrogens with one attached hydrogen (secondary N) is 2. The molecule has 174 valence electrons. The Bertz CT molecular complexity index is 984. The van der Waals surface area contributed by atoms with Crippen molar-refractivity contribution in [2.24, 2.45) is 5.92 Å². The molecule has 1 saturated heterocycles. The summed E-state index contributed by atoms with van der Waals surface area (Å²) in [6.45, 7) is 8.13. The molecular formula is C23H32N4O4S. The van der Waals surface area contributed by atoms with Gasteiger partial charge in [0.15, 0.2) is 0 Å². The number of hydrogen-bond acceptors (Lipinski definition) is 6. The molecule has 2 N–H and O–H groups in total. The van der Waals surface area contributed by atoms with Crippen molar-refractivity contribution in [3.63, 3.8) is 0 Å². The Hall–Kier alpha value is -2.62. The number of carbonyl (C=O) groups excluding carboxylic acids is 1. The van der Waals surface area contributed by atoms with Crippen molar-refractivity contribution < 1.29 is 17.9 Å². The lowest BCUT2D eigenvalue weighted by molar-refractivity contribution is -0.118. The number of methoxy groups -OCH3 is 1. The number of anilines is 2. The molecule has 2 aromatic rings. The summed E-state index contributed by atoms with van der Waals surface area (Å²) < 4.78 is 33.0. The summed E-state index contributed by atoms with van der Waals surface area (Å²) in [5, 5.41) is 2.76. The van der Waals surface area contributed by atoms with Crippen LogP contribution in [-0.4, -0.2) is 65.6 Å². The minimum Gasteiger partial charge on any atom is -0.497 e. The average Bonchev–Trinajstić information content (AvgIpc) is 2.80. The van der Waals surface area contributed by atoms with E-state index in [2.05, 4.69) is 32.0 Å². The van der Waals surface area contributed by atoms with Crippen LogP contribution in [0.4, 0.5) is 11.4 Å². The number of piperazine rings is 1. The molecule has 9 heteroatoms. The Morgan fingerprint density at radius 2 is 1.62 bits per heavy atom. The van der Waals surface area contributed by atoms with E-state index in [9.17, 15) is 13.2 Å². The lowest BCUT2D eigenvalue weighted by Gasteiger charge is -2.36. The van der Waals surface area contributed by atoms with Gasteiger partial charge in [0.2, 0.25) is 15.9 Å². The van der Waals surface area contributed by atoms with Gasteiger partial charge in [0, 0.05) is 56.6 Å². The summed E-state index contributed by atoms with van der Waals surface area (Å²) in [5.41, 5.74) is 1.75. The van der Waals surface area contributed by atoms with E-state index >= 15 is 0 Å². The first kappa shape index (κ1) is 24.0. The van der Waals surface area contributed by atoms with Crippen molar-refractivity contribution in [1.29, 1.82) is 0 Å². The van der Waals surface area contributed by atoms with Gasteiger partial charge in [0.25, 0.3) is 0 Å². The maximum atomic E-state index is 12.6. The molecule has 0 atom stereocenters. The maximum Gasteiger partial charge on any atom is 0.240 e. The molecule has 0 bridgehead atoms. The second-order valence-corrected chi connectivity index (χ2v) is 9.86. The van der Waals surface area contributed by atoms with Crippen molar-refractivity contribution in [3.05, 3.63) is 48.5 Å². The van der Waals surface area contributed by atoms with Gasteiger partial charge in [0.05, 0.1) is 12.0 Å². The molecule has 2 aromatic carbocycles. The van der Waals surface area contributed by atoms with Crippen LogP contribution in [0.1, 0.15) is 13.8 Å². The Balaban J connectivity index is 1.44. The lowest BCUT2D eigenvalue weighted by Crippen LogP contribution is -2.48. The summed E-state index contributed by atoms with van der Waals surface area (Å²) in [7, 11) is -1.94. The molecule has 1 amide bonds. The van der Waals surface area contributed by atoms with E-state index in [0.29, 0.717) is 18.8 Å². The van der Waals surface area contributed by atoms with E-state index in [-0.39, 0.29) is 16.7 Å². The third kappa shape index (κ3) is 6.44. The van der Waals surface area contributed by atoms with Crippen LogP contribution in [0.3, 0.4) is 0 Å². The van der Waals surface area contributed by atoms with Crippen LogP contribution in [0.5, 0.6) is 5.75 Å². The van der Waals surface area contributed by atoms with E-state index in [4.69, 9.17) is 4.74 Å². The van der Waals surface area contributed by atoms with E-state index in [1.165, 1.54) is 17.8 Å². The molecule has 3 rings (SSSR count). The molecule has 32 heavy (non-hydrogen) atoms. The van der Waals surface area contributed by atoms with E-state index in [1.807, 2.05) is 12.1 Å². The predicted octanol–water partition coefficient (Wildman–Crippen LogP) is 2.39. The van der Waals surface area contributed by atoms with Crippen LogP contribution in [0.15, 0.2) is 53.4 Å². The highest BCUT2D eigenvalue weighted by atomic mass is 32.2. The van der Waals surface area contributed by atoms with Crippen LogP contribution < -0.4 is 19.7 Å². The molecule has 0 aromatic heterocycles. The summed E-state index contributed by atoms with van der Waals surface area (Å²) in [5.74, 6) is 0.596. The Labute approximate surface area is 190 Å². The van der Waals surface area contributed by atoms with E-state index < -0.39 is 10.0 Å². The van der Waals surface area contributed by atoms with E-state index in [1.54, 1.807) is 33.1 Å². The Morgan fingerprint density at radius 3 is 2.19 bits per heavy atom. The van der Waals surface area contributed by atoms with Gasteiger partial charge in [-0.3, -0.25) is 9.69 Å². The van der Waals surface area contributed by atoms with Crippen molar-refractivity contribution in [2.45, 2.75) is 18.7 Å². The molecule has 1 heterocycles. The largest absolute Gasteiger partial charge is 0.497 e. The molecule has 0 saturated carbocycles. The Morgan fingerprint density at radius 1 is 1.00 bits per heavy atom. The number of nitrogens with zero attached hydrogens (tertiary/aromatic N) is 2. The summed E-state index contributed by atoms with van der Waals surface area (Å²) in [4.78, 5) is 16.5. The fraction of sp³-hybridized carbons (Fsp3) is 0.435. The molecule has 8 nitrogen and oxygen atoms in total. The fourth-order valence-corrected chi connectivity index (χ4v) is 4.47. The second kappa shape index (κ2) is 10.8. The van der Waals surface area contributed by atoms with Crippen LogP contribution in [0.2, 0.25) is 0 Å². The van der Waals surface area contributed by atoms with Crippen LogP contribution in [-0.2, 0) is 14.8 Å². The maximum absolute atomic E-state index is 12.6. The molecule has 1 aliphatic rings. The molecule has 1 fully saturated rings. The quantitative estimate of drug-likeness (QED) is 0.597. The monoisotopic (exact) mass is 460 g/mol. The van der Waals surface area contributed by atoms with Crippen LogP contribution in [0.25, 0.3) is 0 Å². The van der Waals surface area contributed by atoms with Gasteiger partial charge >= 0.3 is 0 Å². The topological polar surface area (TPSA) is 91.0 Å². The molecule has 0 radical (unpaired) electrons. The molecular weight excluding hydrogens is 428 g/mol. The number of carbonyl (C=O) groups is 1. The van der Waals surface area contributed by atoms with E-state index in [0.717, 1.165) is 31.9 Å². The predicted molar refractivity (Wildman–Crippen MR) is 127 cm³/mol. The summed E-state index contributed by atoms with van der Waals surface area (Å²) in [6.07, 6.45) is 0. The van der Waals surface area contributed by atoms with Crippen molar-refractivity contribution >= 4 is 27.3 Å². The minimum atomic E-state index is -3.59. The molecule has 1 aliphatic heterocycles. The summed E-state index contributed by atoms with van der Waals surface area (Å²) >= 11 is 0. The molecule has 0 unspecified atom stereocenters. The van der Waals surface area contributed by atoms with Gasteiger partial charge in [-0.05, 0) is 48.5 Å². The number of amides is 1. The van der Waals surface area contributed by atoms with Gasteiger partial charge < -0.3 is 15.0 Å². The van der Waals surface area contributed by atoms with Crippen LogP contribution in [0, 0.1) is 5.92 Å². The summed E-state index contributed by atoms with van der Waals surface area (Å²) in [6, 6.07) is 14.3. The fourth-order valence-electron chi connectivity index (χ4n) is 3.45. The van der Waals surface area contributed by atoms with Gasteiger partial charge in [-0.1, -0.05) is 13.8 Å². The normalized spacial score (nSPS) is 15.1.